The number of halogens is 1. The molecule has 0 N–H and O–H groups in total. The van der Waals surface area contributed by atoms with Crippen molar-refractivity contribution in [2.24, 2.45) is 0 Å². The summed E-state index contributed by atoms with van der Waals surface area (Å²) in [6.07, 6.45) is 4.26. The number of piperidine rings is 1. The third-order valence-corrected chi connectivity index (χ3v) is 5.11. The third kappa shape index (κ3) is 2.77. The number of rotatable bonds is 4. The number of aromatic nitrogens is 2. The molecule has 3 saturated heterocycles. The molecule has 5 heterocycles. The van der Waals surface area contributed by atoms with Crippen molar-refractivity contribution in [3.63, 3.8) is 0 Å². The van der Waals surface area contributed by atoms with Crippen molar-refractivity contribution in [3.05, 3.63) is 46.9 Å². The highest BCUT2D eigenvalue weighted by Crippen LogP contribution is 2.35. The zero-order valence-electron chi connectivity index (χ0n) is 13.5. The van der Waals surface area contributed by atoms with Gasteiger partial charge in [-0.1, -0.05) is 5.16 Å². The summed E-state index contributed by atoms with van der Waals surface area (Å²) in [5.74, 6) is 0.667. The van der Waals surface area contributed by atoms with Gasteiger partial charge in [-0.05, 0) is 31.9 Å². The van der Waals surface area contributed by atoms with Crippen LogP contribution in [0.25, 0.3) is 0 Å². The van der Waals surface area contributed by atoms with Gasteiger partial charge < -0.3 is 4.52 Å². The van der Waals surface area contributed by atoms with Crippen LogP contribution in [0.5, 0.6) is 0 Å². The fourth-order valence-electron chi connectivity index (χ4n) is 3.87. The highest BCUT2D eigenvalue weighted by molar-refractivity contribution is 5.22. The van der Waals surface area contributed by atoms with Gasteiger partial charge in [0.05, 0.1) is 11.9 Å². The van der Waals surface area contributed by atoms with Crippen molar-refractivity contribution in [1.29, 1.82) is 0 Å². The summed E-state index contributed by atoms with van der Waals surface area (Å²) >= 11 is 0. The molecule has 0 amide bonds. The highest BCUT2D eigenvalue weighted by atomic mass is 19.1. The number of fused-ring (bicyclic) bond motifs is 2. The van der Waals surface area contributed by atoms with Crippen LogP contribution in [-0.4, -0.2) is 45.1 Å². The summed E-state index contributed by atoms with van der Waals surface area (Å²) < 4.78 is 18.5. The second kappa shape index (κ2) is 5.69. The molecule has 6 heteroatoms. The van der Waals surface area contributed by atoms with Crippen LogP contribution in [0.15, 0.2) is 23.0 Å². The molecular weight excluding hydrogens is 295 g/mol. The number of nitrogens with zero attached hydrogens (tertiary/aromatic N) is 4. The van der Waals surface area contributed by atoms with E-state index < -0.39 is 0 Å². The van der Waals surface area contributed by atoms with Gasteiger partial charge in [0.25, 0.3) is 0 Å². The number of piperazine rings is 1. The summed E-state index contributed by atoms with van der Waals surface area (Å²) in [6, 6.07) is 2.72. The van der Waals surface area contributed by atoms with E-state index in [2.05, 4.69) is 19.9 Å². The Balaban J connectivity index is 1.39. The van der Waals surface area contributed by atoms with E-state index in [-0.39, 0.29) is 5.82 Å². The summed E-state index contributed by atoms with van der Waals surface area (Å²) in [7, 11) is 0. The molecule has 0 aliphatic carbocycles. The molecule has 23 heavy (non-hydrogen) atoms. The molecule has 0 radical (unpaired) electrons. The van der Waals surface area contributed by atoms with Gasteiger partial charge >= 0.3 is 0 Å². The lowest BCUT2D eigenvalue weighted by Gasteiger charge is -2.56. The van der Waals surface area contributed by atoms with Gasteiger partial charge in [-0.25, -0.2) is 4.39 Å². The van der Waals surface area contributed by atoms with E-state index >= 15 is 0 Å². The molecule has 3 fully saturated rings. The Morgan fingerprint density at radius 3 is 2.65 bits per heavy atom. The van der Waals surface area contributed by atoms with Crippen molar-refractivity contribution in [2.45, 2.75) is 45.4 Å². The second-order valence-corrected chi connectivity index (χ2v) is 6.72. The van der Waals surface area contributed by atoms with Crippen molar-refractivity contribution < 1.29 is 8.91 Å². The standard InChI is InChI=1S/C17H21FN4O/c1-11-17(12(2)23-20-11)10-22-15-4-16(22)9-21(8-15)7-13-3-14(18)6-19-5-13/h3,5-6,15-16H,4,7-10H2,1-2H3. The molecule has 3 aliphatic heterocycles. The smallest absolute Gasteiger partial charge is 0.141 e. The maximum absolute atomic E-state index is 13.3. The fraction of sp³-hybridized carbons (Fsp3) is 0.529. The van der Waals surface area contributed by atoms with Crippen LogP contribution in [0.2, 0.25) is 0 Å². The second-order valence-electron chi connectivity index (χ2n) is 6.72. The lowest BCUT2D eigenvalue weighted by Crippen LogP contribution is -2.67. The number of pyridine rings is 1. The van der Waals surface area contributed by atoms with Crippen LogP contribution >= 0.6 is 0 Å². The largest absolute Gasteiger partial charge is 0.361 e. The van der Waals surface area contributed by atoms with Crippen LogP contribution in [0, 0.1) is 19.7 Å². The van der Waals surface area contributed by atoms with Crippen LogP contribution < -0.4 is 0 Å². The highest BCUT2D eigenvalue weighted by Gasteiger charge is 2.44. The maximum Gasteiger partial charge on any atom is 0.141 e. The normalized spacial score (nSPS) is 24.7. The Kier molecular flexibility index (Phi) is 3.66. The average molecular weight is 316 g/mol. The first-order valence-electron chi connectivity index (χ1n) is 8.09. The van der Waals surface area contributed by atoms with E-state index in [1.54, 1.807) is 12.3 Å². The summed E-state index contributed by atoms with van der Waals surface area (Å²) in [6.45, 7) is 7.73. The van der Waals surface area contributed by atoms with Crippen molar-refractivity contribution in [2.75, 3.05) is 13.1 Å². The minimum absolute atomic E-state index is 0.260. The number of hydrogen-bond donors (Lipinski definition) is 0. The van der Waals surface area contributed by atoms with Gasteiger partial charge in [0.1, 0.15) is 11.6 Å². The fourth-order valence-corrected chi connectivity index (χ4v) is 3.87. The van der Waals surface area contributed by atoms with Gasteiger partial charge in [-0.15, -0.1) is 0 Å². The zero-order valence-corrected chi connectivity index (χ0v) is 13.5. The minimum Gasteiger partial charge on any atom is -0.361 e. The Morgan fingerprint density at radius 2 is 2.00 bits per heavy atom. The van der Waals surface area contributed by atoms with Crippen molar-refractivity contribution in [1.82, 2.24) is 19.9 Å². The predicted molar refractivity (Wildman–Crippen MR) is 83.2 cm³/mol. The van der Waals surface area contributed by atoms with E-state index in [9.17, 15) is 4.39 Å². The molecular formula is C17H21FN4O. The quantitative estimate of drug-likeness (QED) is 0.866. The first-order chi connectivity index (χ1) is 11.1. The topological polar surface area (TPSA) is 45.4 Å². The average Bonchev–Trinajstić information content (AvgIpc) is 2.84. The lowest BCUT2D eigenvalue weighted by molar-refractivity contribution is -0.0777. The molecule has 2 unspecified atom stereocenters. The number of hydrogen-bond acceptors (Lipinski definition) is 5. The molecule has 0 spiro atoms. The summed E-state index contributed by atoms with van der Waals surface area (Å²) in [5.41, 5.74) is 3.17. The van der Waals surface area contributed by atoms with Crippen LogP contribution in [0.1, 0.15) is 29.0 Å². The molecule has 2 bridgehead atoms. The lowest BCUT2D eigenvalue weighted by atomic mass is 9.86. The van der Waals surface area contributed by atoms with Gasteiger partial charge in [0.2, 0.25) is 0 Å². The van der Waals surface area contributed by atoms with E-state index in [1.807, 2.05) is 13.8 Å². The molecule has 5 nitrogen and oxygen atoms in total. The third-order valence-electron chi connectivity index (χ3n) is 5.11. The SMILES string of the molecule is Cc1noc(C)c1CN1C2CC1CN(Cc1cncc(F)c1)C2. The van der Waals surface area contributed by atoms with Gasteiger partial charge in [-0.2, -0.15) is 0 Å². The molecule has 5 rings (SSSR count). The van der Waals surface area contributed by atoms with Crippen LogP contribution in [0.4, 0.5) is 4.39 Å². The van der Waals surface area contributed by atoms with Gasteiger partial charge in [0, 0.05) is 50.0 Å². The minimum atomic E-state index is -0.260. The van der Waals surface area contributed by atoms with E-state index in [4.69, 9.17) is 4.52 Å². The van der Waals surface area contributed by atoms with E-state index in [1.165, 1.54) is 18.2 Å². The molecule has 122 valence electrons. The van der Waals surface area contributed by atoms with Crippen LogP contribution in [-0.2, 0) is 13.1 Å². The Bertz CT molecular complexity index is 685. The molecule has 2 atom stereocenters. The van der Waals surface area contributed by atoms with E-state index in [0.717, 1.165) is 43.2 Å². The molecule has 3 aliphatic rings. The molecule has 0 saturated carbocycles. The molecule has 2 aromatic heterocycles. The summed E-state index contributed by atoms with van der Waals surface area (Å²) in [4.78, 5) is 8.89. The van der Waals surface area contributed by atoms with E-state index in [0.29, 0.717) is 12.1 Å². The Labute approximate surface area is 135 Å². The van der Waals surface area contributed by atoms with Crippen LogP contribution in [0.3, 0.4) is 0 Å². The van der Waals surface area contributed by atoms with Gasteiger partial charge in [0.15, 0.2) is 0 Å². The Morgan fingerprint density at radius 1 is 1.22 bits per heavy atom. The first-order valence-corrected chi connectivity index (χ1v) is 8.09. The number of aryl methyl sites for hydroxylation is 2. The summed E-state index contributed by atoms with van der Waals surface area (Å²) in [5, 5.41) is 4.05. The molecule has 2 aromatic rings. The zero-order chi connectivity index (χ0) is 16.0. The first kappa shape index (κ1) is 14.8. The van der Waals surface area contributed by atoms with Gasteiger partial charge in [-0.3, -0.25) is 14.8 Å². The predicted octanol–water partition coefficient (Wildman–Crippen LogP) is 2.28. The Hall–Kier alpha value is -1.79. The monoisotopic (exact) mass is 316 g/mol. The molecule has 0 aromatic carbocycles. The van der Waals surface area contributed by atoms with Crippen molar-refractivity contribution >= 4 is 0 Å². The maximum atomic E-state index is 13.3. The van der Waals surface area contributed by atoms with Crippen molar-refractivity contribution in [3.8, 4) is 0 Å².